The molecule has 0 bridgehead atoms. The van der Waals surface area contributed by atoms with Crippen molar-refractivity contribution >= 4 is 17.5 Å². The highest BCUT2D eigenvalue weighted by molar-refractivity contribution is 5.61. The zero-order chi connectivity index (χ0) is 13.7. The van der Waals surface area contributed by atoms with Crippen molar-refractivity contribution in [2.24, 2.45) is 5.84 Å². The Morgan fingerprint density at radius 3 is 2.89 bits per heavy atom. The van der Waals surface area contributed by atoms with Gasteiger partial charge in [-0.15, -0.1) is 0 Å². The number of nitrogen functional groups attached to an aromatic ring is 1. The van der Waals surface area contributed by atoms with Gasteiger partial charge < -0.3 is 10.1 Å². The molecule has 0 spiro atoms. The van der Waals surface area contributed by atoms with Gasteiger partial charge in [0.1, 0.15) is 0 Å². The van der Waals surface area contributed by atoms with Crippen LogP contribution in [0.25, 0.3) is 0 Å². The Balaban J connectivity index is 2.30. The number of ether oxygens (including phenoxy) is 1. The van der Waals surface area contributed by atoms with Gasteiger partial charge in [0.25, 0.3) is 0 Å². The maximum atomic E-state index is 13.6. The zero-order valence-electron chi connectivity index (χ0n) is 10.4. The monoisotopic (exact) mass is 263 g/mol. The number of nitrogens with zero attached hydrogens (tertiary/aromatic N) is 2. The number of nitrogens with two attached hydrogens (primary N) is 1. The lowest BCUT2D eigenvalue weighted by Crippen LogP contribution is -2.12. The molecule has 0 radical (unpaired) electrons. The summed E-state index contributed by atoms with van der Waals surface area (Å²) < 4.78 is 18.7. The van der Waals surface area contributed by atoms with E-state index in [-0.39, 0.29) is 11.8 Å². The molecule has 1 heterocycles. The number of halogens is 1. The first kappa shape index (κ1) is 13.2. The summed E-state index contributed by atoms with van der Waals surface area (Å²) in [6.07, 6.45) is 1.05. The molecule has 19 heavy (non-hydrogen) atoms. The number of hydrazine groups is 1. The fourth-order valence-corrected chi connectivity index (χ4v) is 1.58. The molecule has 100 valence electrons. The molecule has 0 fully saturated rings. The fourth-order valence-electron chi connectivity index (χ4n) is 1.58. The van der Waals surface area contributed by atoms with E-state index >= 15 is 0 Å². The van der Waals surface area contributed by atoms with Gasteiger partial charge in [0.05, 0.1) is 12.8 Å². The summed E-state index contributed by atoms with van der Waals surface area (Å²) in [6, 6.07) is 7.41. The lowest BCUT2D eigenvalue weighted by Gasteiger charge is -2.11. The minimum absolute atomic E-state index is 0.0477. The Morgan fingerprint density at radius 1 is 1.37 bits per heavy atom. The van der Waals surface area contributed by atoms with E-state index < -0.39 is 5.82 Å². The number of rotatable bonds is 5. The molecule has 0 aliphatic rings. The third-order valence-corrected chi connectivity index (χ3v) is 2.44. The maximum absolute atomic E-state index is 13.6. The molecule has 4 N–H and O–H groups in total. The van der Waals surface area contributed by atoms with Crippen LogP contribution in [0.5, 0.6) is 0 Å². The van der Waals surface area contributed by atoms with Crippen molar-refractivity contribution in [1.82, 2.24) is 9.97 Å². The highest BCUT2D eigenvalue weighted by Gasteiger charge is 2.09. The Bertz CT molecular complexity index is 564. The van der Waals surface area contributed by atoms with Gasteiger partial charge in [0.2, 0.25) is 5.95 Å². The van der Waals surface area contributed by atoms with E-state index in [0.717, 1.165) is 11.8 Å². The van der Waals surface area contributed by atoms with E-state index in [9.17, 15) is 4.39 Å². The number of aromatic nitrogens is 2. The van der Waals surface area contributed by atoms with Crippen molar-refractivity contribution in [2.45, 2.75) is 6.61 Å². The van der Waals surface area contributed by atoms with Crippen molar-refractivity contribution in [3.63, 3.8) is 0 Å². The van der Waals surface area contributed by atoms with Crippen molar-refractivity contribution in [3.05, 3.63) is 41.8 Å². The minimum atomic E-state index is -0.564. The second-order valence-corrected chi connectivity index (χ2v) is 3.75. The molecule has 0 saturated carbocycles. The first-order chi connectivity index (χ1) is 9.24. The van der Waals surface area contributed by atoms with Gasteiger partial charge in [0, 0.05) is 18.4 Å². The normalized spacial score (nSPS) is 10.3. The summed E-state index contributed by atoms with van der Waals surface area (Å²) in [5.41, 5.74) is 3.87. The molecule has 0 amide bonds. The number of hydrogen-bond acceptors (Lipinski definition) is 6. The third-order valence-electron chi connectivity index (χ3n) is 2.44. The molecule has 2 rings (SSSR count). The van der Waals surface area contributed by atoms with Crippen molar-refractivity contribution in [3.8, 4) is 0 Å². The average Bonchev–Trinajstić information content (AvgIpc) is 2.43. The second kappa shape index (κ2) is 6.07. The molecular formula is C12H14FN5O. The number of anilines is 3. The molecule has 0 atom stereocenters. The van der Waals surface area contributed by atoms with E-state index in [0.29, 0.717) is 12.3 Å². The van der Waals surface area contributed by atoms with Gasteiger partial charge in [-0.2, -0.15) is 4.98 Å². The summed E-state index contributed by atoms with van der Waals surface area (Å²) >= 11 is 0. The van der Waals surface area contributed by atoms with E-state index in [1.54, 1.807) is 7.11 Å². The standard InChI is InChI=1S/C12H14FN5O/c1-19-7-8-4-2-3-5-10(8)16-11-9(13)6-15-12(17-11)18-14/h2-6H,7,14H2,1H3,(H2,15,16,17,18). The van der Waals surface area contributed by atoms with Crippen LogP contribution in [0, 0.1) is 5.82 Å². The molecule has 7 heteroatoms. The molecule has 0 aliphatic carbocycles. The predicted molar refractivity (Wildman–Crippen MR) is 70.2 cm³/mol. The molecule has 0 saturated heterocycles. The molecule has 1 aromatic carbocycles. The van der Waals surface area contributed by atoms with Gasteiger partial charge in [-0.3, -0.25) is 5.43 Å². The highest BCUT2D eigenvalue weighted by atomic mass is 19.1. The number of methoxy groups -OCH3 is 1. The Hall–Kier alpha value is -2.25. The van der Waals surface area contributed by atoms with Crippen LogP contribution in [0.15, 0.2) is 30.5 Å². The van der Waals surface area contributed by atoms with E-state index in [4.69, 9.17) is 10.6 Å². The van der Waals surface area contributed by atoms with E-state index in [1.165, 1.54) is 0 Å². The summed E-state index contributed by atoms with van der Waals surface area (Å²) in [7, 11) is 1.60. The van der Waals surface area contributed by atoms with Crippen LogP contribution < -0.4 is 16.6 Å². The smallest absolute Gasteiger partial charge is 0.239 e. The molecule has 6 nitrogen and oxygen atoms in total. The van der Waals surface area contributed by atoms with Crippen LogP contribution >= 0.6 is 0 Å². The van der Waals surface area contributed by atoms with E-state index in [1.807, 2.05) is 24.3 Å². The number of nitrogens with one attached hydrogen (secondary N) is 2. The largest absolute Gasteiger partial charge is 0.380 e. The van der Waals surface area contributed by atoms with E-state index in [2.05, 4.69) is 20.7 Å². The number of benzene rings is 1. The van der Waals surface area contributed by atoms with Gasteiger partial charge in [-0.1, -0.05) is 18.2 Å². The second-order valence-electron chi connectivity index (χ2n) is 3.75. The lowest BCUT2D eigenvalue weighted by molar-refractivity contribution is 0.185. The van der Waals surface area contributed by atoms with Gasteiger partial charge in [-0.25, -0.2) is 15.2 Å². The summed E-state index contributed by atoms with van der Waals surface area (Å²) in [6.45, 7) is 0.415. The van der Waals surface area contributed by atoms with Crippen LogP contribution in [0.1, 0.15) is 5.56 Å². The summed E-state index contributed by atoms with van der Waals surface area (Å²) in [5.74, 6) is 4.81. The van der Waals surface area contributed by atoms with Crippen LogP contribution in [0.2, 0.25) is 0 Å². The Labute approximate surface area is 109 Å². The maximum Gasteiger partial charge on any atom is 0.239 e. The van der Waals surface area contributed by atoms with Gasteiger partial charge >= 0.3 is 0 Å². The van der Waals surface area contributed by atoms with Crippen LogP contribution in [0.3, 0.4) is 0 Å². The summed E-state index contributed by atoms with van der Waals surface area (Å²) in [5, 5.41) is 2.90. The van der Waals surface area contributed by atoms with Crippen molar-refractivity contribution < 1.29 is 9.13 Å². The Morgan fingerprint density at radius 2 is 2.16 bits per heavy atom. The predicted octanol–water partition coefficient (Wildman–Crippen LogP) is 1.79. The minimum Gasteiger partial charge on any atom is -0.380 e. The number of para-hydroxylation sites is 1. The van der Waals surface area contributed by atoms with Crippen LogP contribution in [-0.4, -0.2) is 17.1 Å². The molecule has 1 aromatic heterocycles. The van der Waals surface area contributed by atoms with Gasteiger partial charge in [-0.05, 0) is 6.07 Å². The first-order valence-electron chi connectivity index (χ1n) is 5.57. The lowest BCUT2D eigenvalue weighted by atomic mass is 10.2. The average molecular weight is 263 g/mol. The van der Waals surface area contributed by atoms with Gasteiger partial charge in [0.15, 0.2) is 11.6 Å². The summed E-state index contributed by atoms with van der Waals surface area (Å²) in [4.78, 5) is 7.58. The van der Waals surface area contributed by atoms with Crippen LogP contribution in [0.4, 0.5) is 21.8 Å². The van der Waals surface area contributed by atoms with Crippen molar-refractivity contribution in [1.29, 1.82) is 0 Å². The topological polar surface area (TPSA) is 85.1 Å². The molecule has 0 unspecified atom stereocenters. The Kier molecular flexibility index (Phi) is 4.22. The molecular weight excluding hydrogens is 249 g/mol. The first-order valence-corrected chi connectivity index (χ1v) is 5.57. The number of hydrogen-bond donors (Lipinski definition) is 3. The molecule has 2 aromatic rings. The van der Waals surface area contributed by atoms with Crippen molar-refractivity contribution in [2.75, 3.05) is 17.9 Å². The third kappa shape index (κ3) is 3.15. The zero-order valence-corrected chi connectivity index (χ0v) is 10.4. The highest BCUT2D eigenvalue weighted by Crippen LogP contribution is 2.22. The van der Waals surface area contributed by atoms with Crippen LogP contribution in [-0.2, 0) is 11.3 Å². The molecule has 0 aliphatic heterocycles. The SMILES string of the molecule is COCc1ccccc1Nc1nc(NN)ncc1F. The quantitative estimate of drug-likeness (QED) is 0.563. The fraction of sp³-hybridized carbons (Fsp3) is 0.167.